The number of aryl methyl sites for hydroxylation is 1. The van der Waals surface area contributed by atoms with Gasteiger partial charge in [0.2, 0.25) is 0 Å². The van der Waals surface area contributed by atoms with Crippen LogP contribution >= 0.6 is 0 Å². The molecule has 3 heterocycles. The van der Waals surface area contributed by atoms with E-state index < -0.39 is 0 Å². The van der Waals surface area contributed by atoms with Crippen molar-refractivity contribution < 1.29 is 4.79 Å². The third-order valence-corrected chi connectivity index (χ3v) is 3.01. The van der Waals surface area contributed by atoms with Gasteiger partial charge < -0.3 is 5.32 Å². The van der Waals surface area contributed by atoms with Crippen molar-refractivity contribution in [1.82, 2.24) is 24.7 Å². The summed E-state index contributed by atoms with van der Waals surface area (Å²) in [5, 5.41) is 11.2. The lowest BCUT2D eigenvalue weighted by Gasteiger charge is -2.03. The summed E-state index contributed by atoms with van der Waals surface area (Å²) in [6, 6.07) is 9.38. The lowest BCUT2D eigenvalue weighted by molar-refractivity contribution is 0.0947. The molecule has 1 amide bonds. The van der Waals surface area contributed by atoms with E-state index in [4.69, 9.17) is 0 Å². The number of nitrogens with one attached hydrogen (secondary N) is 1. The predicted molar refractivity (Wildman–Crippen MR) is 74.4 cm³/mol. The molecule has 6 heteroatoms. The van der Waals surface area contributed by atoms with Gasteiger partial charge in [-0.3, -0.25) is 9.48 Å². The van der Waals surface area contributed by atoms with Gasteiger partial charge in [-0.05, 0) is 30.7 Å². The molecule has 0 saturated carbocycles. The summed E-state index contributed by atoms with van der Waals surface area (Å²) in [5.74, 6) is -0.144. The fourth-order valence-electron chi connectivity index (χ4n) is 2.02. The summed E-state index contributed by atoms with van der Waals surface area (Å²) in [6.45, 7) is 1.39. The molecule has 6 nitrogen and oxygen atoms in total. The van der Waals surface area contributed by atoms with Gasteiger partial charge in [0, 0.05) is 31.7 Å². The first-order valence-corrected chi connectivity index (χ1v) is 6.53. The molecule has 0 aliphatic heterocycles. The Morgan fingerprint density at radius 1 is 1.25 bits per heavy atom. The first-order valence-electron chi connectivity index (χ1n) is 6.53. The molecule has 3 rings (SSSR count). The van der Waals surface area contributed by atoms with Crippen LogP contribution in [-0.2, 0) is 6.54 Å². The highest BCUT2D eigenvalue weighted by molar-refractivity contribution is 5.93. The zero-order valence-electron chi connectivity index (χ0n) is 10.9. The second kappa shape index (κ2) is 5.56. The van der Waals surface area contributed by atoms with E-state index in [0.29, 0.717) is 12.2 Å². The number of hydrogen-bond acceptors (Lipinski definition) is 3. The summed E-state index contributed by atoms with van der Waals surface area (Å²) in [4.78, 5) is 12.0. The molecule has 0 saturated heterocycles. The smallest absolute Gasteiger partial charge is 0.271 e. The standard InChI is InChI=1S/C14H15N5O/c20-14(15-6-3-8-18-9-4-7-16-18)13-11-12-5-1-2-10-19(12)17-13/h1-2,4-5,7,9-11H,3,6,8H2,(H,15,20). The molecule has 1 N–H and O–H groups in total. The Morgan fingerprint density at radius 2 is 2.20 bits per heavy atom. The van der Waals surface area contributed by atoms with Crippen LogP contribution in [0.2, 0.25) is 0 Å². The zero-order chi connectivity index (χ0) is 13.8. The van der Waals surface area contributed by atoms with Crippen molar-refractivity contribution in [3.05, 3.63) is 54.6 Å². The van der Waals surface area contributed by atoms with Crippen LogP contribution in [0.15, 0.2) is 48.9 Å². The minimum atomic E-state index is -0.144. The number of nitrogens with zero attached hydrogens (tertiary/aromatic N) is 4. The van der Waals surface area contributed by atoms with Crippen LogP contribution in [0.5, 0.6) is 0 Å². The number of fused-ring (bicyclic) bond motifs is 1. The minimum Gasteiger partial charge on any atom is -0.351 e. The molecule has 0 bridgehead atoms. The van der Waals surface area contributed by atoms with Gasteiger partial charge >= 0.3 is 0 Å². The number of amides is 1. The third-order valence-electron chi connectivity index (χ3n) is 3.01. The van der Waals surface area contributed by atoms with E-state index in [1.54, 1.807) is 16.8 Å². The highest BCUT2D eigenvalue weighted by Crippen LogP contribution is 2.05. The summed E-state index contributed by atoms with van der Waals surface area (Å²) < 4.78 is 3.54. The van der Waals surface area contributed by atoms with E-state index >= 15 is 0 Å². The fourth-order valence-corrected chi connectivity index (χ4v) is 2.02. The van der Waals surface area contributed by atoms with Gasteiger partial charge in [-0.15, -0.1) is 0 Å². The van der Waals surface area contributed by atoms with Gasteiger partial charge in [0.05, 0.1) is 5.52 Å². The monoisotopic (exact) mass is 269 g/mol. The normalized spacial score (nSPS) is 10.8. The predicted octanol–water partition coefficient (Wildman–Crippen LogP) is 1.35. The molecule has 0 fully saturated rings. The molecule has 102 valence electrons. The SMILES string of the molecule is O=C(NCCCn1cccn1)c1cc2ccccn2n1. The van der Waals surface area contributed by atoms with Gasteiger partial charge in [-0.25, -0.2) is 4.52 Å². The minimum absolute atomic E-state index is 0.144. The number of hydrogen-bond donors (Lipinski definition) is 1. The molecular weight excluding hydrogens is 254 g/mol. The van der Waals surface area contributed by atoms with Crippen molar-refractivity contribution >= 4 is 11.4 Å². The van der Waals surface area contributed by atoms with Crippen molar-refractivity contribution in [2.75, 3.05) is 6.54 Å². The molecule has 0 unspecified atom stereocenters. The molecule has 0 radical (unpaired) electrons. The molecule has 20 heavy (non-hydrogen) atoms. The van der Waals surface area contributed by atoms with Crippen molar-refractivity contribution in [3.8, 4) is 0 Å². The summed E-state index contributed by atoms with van der Waals surface area (Å²) in [6.07, 6.45) is 6.31. The topological polar surface area (TPSA) is 64.2 Å². The Hall–Kier alpha value is -2.63. The number of carbonyl (C=O) groups is 1. The van der Waals surface area contributed by atoms with Gasteiger partial charge in [-0.2, -0.15) is 10.2 Å². The van der Waals surface area contributed by atoms with Gasteiger partial charge in [-0.1, -0.05) is 6.07 Å². The fraction of sp³-hybridized carbons (Fsp3) is 0.214. The lowest BCUT2D eigenvalue weighted by atomic mass is 10.3. The summed E-state index contributed by atoms with van der Waals surface area (Å²) >= 11 is 0. The summed E-state index contributed by atoms with van der Waals surface area (Å²) in [7, 11) is 0. The molecular formula is C14H15N5O. The van der Waals surface area contributed by atoms with E-state index in [1.807, 2.05) is 41.3 Å². The highest BCUT2D eigenvalue weighted by atomic mass is 16.1. The highest BCUT2D eigenvalue weighted by Gasteiger charge is 2.09. The third kappa shape index (κ3) is 2.69. The Labute approximate surface area is 116 Å². The van der Waals surface area contributed by atoms with Crippen molar-refractivity contribution in [2.45, 2.75) is 13.0 Å². The van der Waals surface area contributed by atoms with Crippen LogP contribution in [0.25, 0.3) is 5.52 Å². The Balaban J connectivity index is 1.53. The van der Waals surface area contributed by atoms with E-state index in [-0.39, 0.29) is 5.91 Å². The van der Waals surface area contributed by atoms with Gasteiger partial charge in [0.15, 0.2) is 5.69 Å². The van der Waals surface area contributed by atoms with Crippen LogP contribution in [0.3, 0.4) is 0 Å². The maximum Gasteiger partial charge on any atom is 0.271 e. The molecule has 0 spiro atoms. The van der Waals surface area contributed by atoms with Crippen molar-refractivity contribution in [1.29, 1.82) is 0 Å². The molecule has 0 aliphatic carbocycles. The molecule has 0 atom stereocenters. The molecule has 3 aromatic rings. The van der Waals surface area contributed by atoms with E-state index in [9.17, 15) is 4.79 Å². The van der Waals surface area contributed by atoms with E-state index in [2.05, 4.69) is 15.5 Å². The second-order valence-corrected chi connectivity index (χ2v) is 4.48. The summed E-state index contributed by atoms with van der Waals surface area (Å²) in [5.41, 5.74) is 1.35. The molecule has 3 aromatic heterocycles. The van der Waals surface area contributed by atoms with Crippen molar-refractivity contribution in [3.63, 3.8) is 0 Å². The molecule has 0 aromatic carbocycles. The average Bonchev–Trinajstić information content (AvgIpc) is 3.12. The Kier molecular flexibility index (Phi) is 3.45. The maximum atomic E-state index is 12.0. The quantitative estimate of drug-likeness (QED) is 0.711. The van der Waals surface area contributed by atoms with Gasteiger partial charge in [0.1, 0.15) is 0 Å². The van der Waals surface area contributed by atoms with E-state index in [1.165, 1.54) is 0 Å². The first-order chi connectivity index (χ1) is 9.83. The van der Waals surface area contributed by atoms with Crippen LogP contribution < -0.4 is 5.32 Å². The average molecular weight is 269 g/mol. The van der Waals surface area contributed by atoms with Crippen LogP contribution in [-0.4, -0.2) is 31.8 Å². The van der Waals surface area contributed by atoms with Gasteiger partial charge in [0.25, 0.3) is 5.91 Å². The first kappa shape index (κ1) is 12.4. The lowest BCUT2D eigenvalue weighted by Crippen LogP contribution is -2.25. The zero-order valence-corrected chi connectivity index (χ0v) is 10.9. The molecule has 0 aliphatic rings. The number of aromatic nitrogens is 4. The van der Waals surface area contributed by atoms with Crippen molar-refractivity contribution in [2.24, 2.45) is 0 Å². The Bertz CT molecular complexity index is 668. The van der Waals surface area contributed by atoms with Crippen LogP contribution in [0, 0.1) is 0 Å². The number of carbonyl (C=O) groups excluding carboxylic acids is 1. The number of pyridine rings is 1. The largest absolute Gasteiger partial charge is 0.351 e. The Morgan fingerprint density at radius 3 is 3.00 bits per heavy atom. The van der Waals surface area contributed by atoms with E-state index in [0.717, 1.165) is 18.5 Å². The number of rotatable bonds is 5. The van der Waals surface area contributed by atoms with Crippen LogP contribution in [0.4, 0.5) is 0 Å². The maximum absolute atomic E-state index is 12.0. The van der Waals surface area contributed by atoms with Crippen LogP contribution in [0.1, 0.15) is 16.9 Å². The second-order valence-electron chi connectivity index (χ2n) is 4.48.